The largest absolute Gasteiger partial charge is 0.465 e. The van der Waals surface area contributed by atoms with E-state index in [1.165, 1.54) is 4.90 Å². The highest BCUT2D eigenvalue weighted by Crippen LogP contribution is 2.07. The number of amides is 2. The van der Waals surface area contributed by atoms with Gasteiger partial charge in [-0.3, -0.25) is 0 Å². The fourth-order valence-electron chi connectivity index (χ4n) is 1.53. The fourth-order valence-corrected chi connectivity index (χ4v) is 1.53. The second kappa shape index (κ2) is 5.90. The Labute approximate surface area is 106 Å². The molecule has 1 fully saturated rings. The van der Waals surface area contributed by atoms with Crippen LogP contribution in [0.25, 0.3) is 0 Å². The zero-order valence-electron chi connectivity index (χ0n) is 10.9. The van der Waals surface area contributed by atoms with Crippen molar-refractivity contribution in [1.82, 2.24) is 10.2 Å². The Kier molecular flexibility index (Phi) is 4.77. The van der Waals surface area contributed by atoms with Crippen LogP contribution in [0.3, 0.4) is 0 Å². The Morgan fingerprint density at radius 3 is 2.72 bits per heavy atom. The number of alkyl carbamates (subject to hydrolysis) is 1. The zero-order chi connectivity index (χ0) is 13.8. The number of nitrogens with zero attached hydrogens (tertiary/aromatic N) is 1. The van der Waals surface area contributed by atoms with Crippen molar-refractivity contribution >= 4 is 12.2 Å². The Morgan fingerprint density at radius 1 is 1.50 bits per heavy atom. The first-order valence-electron chi connectivity index (χ1n) is 5.84. The molecule has 1 heterocycles. The van der Waals surface area contributed by atoms with Crippen molar-refractivity contribution in [3.8, 4) is 0 Å². The van der Waals surface area contributed by atoms with Crippen LogP contribution in [-0.2, 0) is 9.47 Å². The van der Waals surface area contributed by atoms with E-state index in [1.807, 2.05) is 0 Å². The lowest BCUT2D eigenvalue weighted by Gasteiger charge is -2.31. The van der Waals surface area contributed by atoms with Gasteiger partial charge >= 0.3 is 12.2 Å². The first-order chi connectivity index (χ1) is 8.28. The first kappa shape index (κ1) is 14.6. The van der Waals surface area contributed by atoms with Gasteiger partial charge in [-0.05, 0) is 20.8 Å². The van der Waals surface area contributed by atoms with Crippen molar-refractivity contribution in [2.75, 3.05) is 26.2 Å². The molecule has 0 unspecified atom stereocenters. The quantitative estimate of drug-likeness (QED) is 0.769. The summed E-state index contributed by atoms with van der Waals surface area (Å²) in [5, 5.41) is 11.4. The number of hydrogen-bond acceptors (Lipinski definition) is 4. The number of morpholine rings is 1. The maximum Gasteiger partial charge on any atom is 0.407 e. The highest BCUT2D eigenvalue weighted by molar-refractivity contribution is 5.67. The highest BCUT2D eigenvalue weighted by atomic mass is 16.6. The van der Waals surface area contributed by atoms with Gasteiger partial charge in [0, 0.05) is 13.1 Å². The molecule has 7 heteroatoms. The number of ether oxygens (including phenoxy) is 2. The lowest BCUT2D eigenvalue weighted by molar-refractivity contribution is -0.0221. The van der Waals surface area contributed by atoms with E-state index in [-0.39, 0.29) is 19.2 Å². The van der Waals surface area contributed by atoms with Crippen LogP contribution in [0.1, 0.15) is 20.8 Å². The average molecular weight is 260 g/mol. The van der Waals surface area contributed by atoms with E-state index in [1.54, 1.807) is 20.8 Å². The molecule has 0 aromatic rings. The maximum absolute atomic E-state index is 11.4. The molecule has 1 aliphatic rings. The van der Waals surface area contributed by atoms with E-state index in [0.29, 0.717) is 13.2 Å². The lowest BCUT2D eigenvalue weighted by Crippen LogP contribution is -2.49. The summed E-state index contributed by atoms with van der Waals surface area (Å²) >= 11 is 0. The van der Waals surface area contributed by atoms with E-state index in [0.717, 1.165) is 0 Å². The molecule has 0 saturated carbocycles. The van der Waals surface area contributed by atoms with Crippen LogP contribution in [0.15, 0.2) is 0 Å². The van der Waals surface area contributed by atoms with Crippen LogP contribution in [0.5, 0.6) is 0 Å². The van der Waals surface area contributed by atoms with Crippen LogP contribution in [0.4, 0.5) is 9.59 Å². The normalized spacial score (nSPS) is 20.4. The van der Waals surface area contributed by atoms with Gasteiger partial charge in [-0.15, -0.1) is 0 Å². The summed E-state index contributed by atoms with van der Waals surface area (Å²) in [5.41, 5.74) is -0.551. The van der Waals surface area contributed by atoms with E-state index in [2.05, 4.69) is 5.32 Å². The fraction of sp³-hybridized carbons (Fsp3) is 0.818. The Hall–Kier alpha value is -1.50. The standard InChI is InChI=1S/C11H20N2O5/c1-11(2,3)18-9(14)12-6-8-7-13(10(15)16)4-5-17-8/h8H,4-7H2,1-3H3,(H,12,14)(H,15,16)/t8-/m1/s1. The lowest BCUT2D eigenvalue weighted by atomic mass is 10.2. The Balaban J connectivity index is 2.31. The van der Waals surface area contributed by atoms with Gasteiger partial charge in [0.25, 0.3) is 0 Å². The third kappa shape index (κ3) is 5.22. The first-order valence-corrected chi connectivity index (χ1v) is 5.84. The van der Waals surface area contributed by atoms with Crippen LogP contribution in [0, 0.1) is 0 Å². The molecular weight excluding hydrogens is 240 g/mol. The summed E-state index contributed by atoms with van der Waals surface area (Å²) in [6.45, 7) is 6.51. The Bertz CT molecular complexity index is 313. The van der Waals surface area contributed by atoms with Gasteiger partial charge in [0.1, 0.15) is 5.60 Å². The van der Waals surface area contributed by atoms with E-state index < -0.39 is 17.8 Å². The van der Waals surface area contributed by atoms with Gasteiger partial charge in [0.2, 0.25) is 0 Å². The van der Waals surface area contributed by atoms with Crippen molar-refractivity contribution in [2.24, 2.45) is 0 Å². The van der Waals surface area contributed by atoms with E-state index in [4.69, 9.17) is 14.6 Å². The molecule has 1 aliphatic heterocycles. The van der Waals surface area contributed by atoms with Gasteiger partial charge in [-0.1, -0.05) is 0 Å². The summed E-state index contributed by atoms with van der Waals surface area (Å²) in [7, 11) is 0. The molecule has 104 valence electrons. The summed E-state index contributed by atoms with van der Waals surface area (Å²) in [5.74, 6) is 0. The van der Waals surface area contributed by atoms with Crippen molar-refractivity contribution in [3.05, 3.63) is 0 Å². The summed E-state index contributed by atoms with van der Waals surface area (Å²) in [6, 6.07) is 0. The van der Waals surface area contributed by atoms with Crippen LogP contribution >= 0.6 is 0 Å². The van der Waals surface area contributed by atoms with Gasteiger partial charge in [-0.25, -0.2) is 9.59 Å². The SMILES string of the molecule is CC(C)(C)OC(=O)NC[C@@H]1CN(C(=O)O)CCO1. The smallest absolute Gasteiger partial charge is 0.407 e. The predicted octanol–water partition coefficient (Wildman–Crippen LogP) is 0.890. The van der Waals surface area contributed by atoms with Crippen molar-refractivity contribution in [2.45, 2.75) is 32.5 Å². The summed E-state index contributed by atoms with van der Waals surface area (Å²) in [4.78, 5) is 23.5. The summed E-state index contributed by atoms with van der Waals surface area (Å²) in [6.07, 6.45) is -1.83. The van der Waals surface area contributed by atoms with Gasteiger partial charge in [0.05, 0.1) is 19.3 Å². The molecule has 1 saturated heterocycles. The zero-order valence-corrected chi connectivity index (χ0v) is 10.9. The molecule has 1 atom stereocenters. The molecule has 0 aromatic carbocycles. The second-order valence-electron chi connectivity index (χ2n) is 5.10. The number of nitrogens with one attached hydrogen (secondary N) is 1. The molecule has 1 rings (SSSR count). The molecule has 2 N–H and O–H groups in total. The van der Waals surface area contributed by atoms with Crippen LogP contribution in [0.2, 0.25) is 0 Å². The molecular formula is C11H20N2O5. The van der Waals surface area contributed by atoms with Crippen LogP contribution in [-0.4, -0.2) is 60.1 Å². The van der Waals surface area contributed by atoms with E-state index >= 15 is 0 Å². The average Bonchev–Trinajstić information content (AvgIpc) is 2.24. The number of carbonyl (C=O) groups excluding carboxylic acids is 1. The van der Waals surface area contributed by atoms with Crippen molar-refractivity contribution < 1.29 is 24.2 Å². The van der Waals surface area contributed by atoms with Crippen molar-refractivity contribution in [3.63, 3.8) is 0 Å². The maximum atomic E-state index is 11.4. The minimum absolute atomic E-state index is 0.235. The highest BCUT2D eigenvalue weighted by Gasteiger charge is 2.24. The molecule has 18 heavy (non-hydrogen) atoms. The third-order valence-electron chi connectivity index (χ3n) is 2.28. The van der Waals surface area contributed by atoms with Gasteiger partial charge in [0.15, 0.2) is 0 Å². The van der Waals surface area contributed by atoms with Gasteiger partial charge < -0.3 is 24.8 Å². The minimum atomic E-state index is -0.972. The second-order valence-corrected chi connectivity index (χ2v) is 5.10. The van der Waals surface area contributed by atoms with Gasteiger partial charge in [-0.2, -0.15) is 0 Å². The summed E-state index contributed by atoms with van der Waals surface area (Å²) < 4.78 is 10.4. The third-order valence-corrected chi connectivity index (χ3v) is 2.28. The van der Waals surface area contributed by atoms with Crippen molar-refractivity contribution in [1.29, 1.82) is 0 Å². The molecule has 2 amide bonds. The number of hydrogen-bond donors (Lipinski definition) is 2. The number of carbonyl (C=O) groups is 2. The molecule has 0 aliphatic carbocycles. The molecule has 7 nitrogen and oxygen atoms in total. The van der Waals surface area contributed by atoms with Crippen LogP contribution < -0.4 is 5.32 Å². The number of carboxylic acid groups (broad SMARTS) is 1. The topological polar surface area (TPSA) is 88.1 Å². The molecule has 0 aromatic heterocycles. The monoisotopic (exact) mass is 260 g/mol. The molecule has 0 spiro atoms. The molecule has 0 radical (unpaired) electrons. The Morgan fingerprint density at radius 2 is 2.17 bits per heavy atom. The molecule has 0 bridgehead atoms. The minimum Gasteiger partial charge on any atom is -0.465 e. The predicted molar refractivity (Wildman–Crippen MR) is 63.6 cm³/mol. The van der Waals surface area contributed by atoms with E-state index in [9.17, 15) is 9.59 Å². The number of rotatable bonds is 2.